The number of amides is 1. The van der Waals surface area contributed by atoms with Crippen LogP contribution in [0, 0.1) is 13.8 Å². The lowest BCUT2D eigenvalue weighted by Crippen LogP contribution is -2.60. The molecule has 2 aliphatic heterocycles. The van der Waals surface area contributed by atoms with Gasteiger partial charge in [0.15, 0.2) is 0 Å². The molecule has 1 amide bonds. The Morgan fingerprint density at radius 3 is 2.82 bits per heavy atom. The molecule has 0 radical (unpaired) electrons. The monoisotopic (exact) mass is 302 g/mol. The molecular weight excluding hydrogens is 276 g/mol. The number of benzene rings is 1. The fourth-order valence-corrected chi connectivity index (χ4v) is 3.63. The second-order valence-electron chi connectivity index (χ2n) is 6.63. The van der Waals surface area contributed by atoms with Crippen LogP contribution in [0.1, 0.15) is 30.0 Å². The summed E-state index contributed by atoms with van der Waals surface area (Å²) in [7, 11) is 0. The van der Waals surface area contributed by atoms with Gasteiger partial charge in [-0.25, -0.2) is 0 Å². The number of hydrogen-bond acceptors (Lipinski definition) is 3. The molecule has 0 spiro atoms. The van der Waals surface area contributed by atoms with Gasteiger partial charge in [-0.3, -0.25) is 9.69 Å². The van der Waals surface area contributed by atoms with Crippen molar-refractivity contribution in [3.05, 3.63) is 34.9 Å². The van der Waals surface area contributed by atoms with Gasteiger partial charge < -0.3 is 9.64 Å². The maximum absolute atomic E-state index is 11.9. The van der Waals surface area contributed by atoms with E-state index < -0.39 is 0 Å². The maximum Gasteiger partial charge on any atom is 0.219 e. The Morgan fingerprint density at radius 2 is 2.09 bits per heavy atom. The molecule has 1 aromatic rings. The van der Waals surface area contributed by atoms with Gasteiger partial charge in [0.05, 0.1) is 18.8 Å². The summed E-state index contributed by atoms with van der Waals surface area (Å²) in [6.45, 7) is 10.3. The van der Waals surface area contributed by atoms with Crippen LogP contribution in [0.2, 0.25) is 0 Å². The van der Waals surface area contributed by atoms with E-state index >= 15 is 0 Å². The highest BCUT2D eigenvalue weighted by atomic mass is 16.5. The minimum Gasteiger partial charge on any atom is -0.374 e. The smallest absolute Gasteiger partial charge is 0.219 e. The Hall–Kier alpha value is -1.39. The zero-order valence-corrected chi connectivity index (χ0v) is 13.8. The second kappa shape index (κ2) is 6.39. The Labute approximate surface area is 133 Å². The first-order chi connectivity index (χ1) is 10.5. The highest BCUT2D eigenvalue weighted by molar-refractivity contribution is 5.73. The Bertz CT molecular complexity index is 558. The van der Waals surface area contributed by atoms with Crippen LogP contribution in [0.5, 0.6) is 0 Å². The van der Waals surface area contributed by atoms with Crippen molar-refractivity contribution in [3.8, 4) is 0 Å². The molecule has 4 nitrogen and oxygen atoms in total. The lowest BCUT2D eigenvalue weighted by atomic mass is 9.97. The van der Waals surface area contributed by atoms with E-state index in [9.17, 15) is 4.79 Å². The molecule has 2 atom stereocenters. The zero-order valence-electron chi connectivity index (χ0n) is 13.8. The summed E-state index contributed by atoms with van der Waals surface area (Å²) in [6.07, 6.45) is 1.23. The van der Waals surface area contributed by atoms with E-state index in [0.717, 1.165) is 32.6 Å². The molecule has 1 aromatic carbocycles. The fraction of sp³-hybridized carbons (Fsp3) is 0.611. The molecule has 0 unspecified atom stereocenters. The zero-order chi connectivity index (χ0) is 15.7. The lowest BCUT2D eigenvalue weighted by Gasteiger charge is -2.46. The first kappa shape index (κ1) is 15.5. The van der Waals surface area contributed by atoms with Crippen LogP contribution in [-0.2, 0) is 16.1 Å². The van der Waals surface area contributed by atoms with Crippen molar-refractivity contribution in [2.45, 2.75) is 45.9 Å². The summed E-state index contributed by atoms with van der Waals surface area (Å²) in [4.78, 5) is 16.3. The number of carbonyl (C=O) groups excluding carboxylic acids is 1. The number of carbonyl (C=O) groups is 1. The van der Waals surface area contributed by atoms with Gasteiger partial charge in [0.1, 0.15) is 0 Å². The summed E-state index contributed by atoms with van der Waals surface area (Å²) in [5.41, 5.74) is 4.04. The van der Waals surface area contributed by atoms with Crippen molar-refractivity contribution in [1.82, 2.24) is 9.80 Å². The van der Waals surface area contributed by atoms with Crippen molar-refractivity contribution in [3.63, 3.8) is 0 Å². The number of morpholine rings is 1. The summed E-state index contributed by atoms with van der Waals surface area (Å²) < 4.78 is 5.88. The highest BCUT2D eigenvalue weighted by Crippen LogP contribution is 2.24. The summed E-state index contributed by atoms with van der Waals surface area (Å²) in [5, 5.41) is 0. The van der Waals surface area contributed by atoms with Crippen molar-refractivity contribution >= 4 is 5.91 Å². The average Bonchev–Trinajstić information content (AvgIpc) is 2.50. The van der Waals surface area contributed by atoms with Crippen LogP contribution in [-0.4, -0.2) is 54.1 Å². The largest absolute Gasteiger partial charge is 0.374 e. The number of hydrogen-bond donors (Lipinski definition) is 0. The van der Waals surface area contributed by atoms with E-state index in [-0.39, 0.29) is 18.1 Å². The van der Waals surface area contributed by atoms with Crippen LogP contribution in [0.4, 0.5) is 0 Å². The fourth-order valence-electron chi connectivity index (χ4n) is 3.63. The molecule has 0 aromatic heterocycles. The number of aryl methyl sites for hydroxylation is 2. The first-order valence-corrected chi connectivity index (χ1v) is 8.22. The van der Waals surface area contributed by atoms with Gasteiger partial charge in [-0.15, -0.1) is 0 Å². The molecule has 3 rings (SSSR count). The van der Waals surface area contributed by atoms with Crippen molar-refractivity contribution in [1.29, 1.82) is 0 Å². The molecule has 0 saturated carbocycles. The predicted molar refractivity (Wildman–Crippen MR) is 86.7 cm³/mol. The molecule has 0 N–H and O–H groups in total. The number of piperidine rings is 1. The third-order valence-corrected chi connectivity index (χ3v) is 5.05. The third-order valence-electron chi connectivity index (χ3n) is 5.05. The Morgan fingerprint density at radius 1 is 1.27 bits per heavy atom. The maximum atomic E-state index is 11.9. The highest BCUT2D eigenvalue weighted by Gasteiger charge is 2.38. The molecule has 2 heterocycles. The number of fused-ring (bicyclic) bond motifs is 1. The van der Waals surface area contributed by atoms with Crippen LogP contribution in [0.3, 0.4) is 0 Å². The SMILES string of the molecule is CC(=O)N1CCO[C@@H]2CCN(Cc3ccc(C)c(C)c3)C[C@H]21. The quantitative estimate of drug-likeness (QED) is 0.839. The van der Waals surface area contributed by atoms with E-state index in [1.807, 2.05) is 4.90 Å². The molecule has 120 valence electrons. The molecule has 2 aliphatic rings. The van der Waals surface area contributed by atoms with Crippen LogP contribution >= 0.6 is 0 Å². The summed E-state index contributed by atoms with van der Waals surface area (Å²) in [6, 6.07) is 6.91. The van der Waals surface area contributed by atoms with Gasteiger partial charge in [-0.1, -0.05) is 18.2 Å². The van der Waals surface area contributed by atoms with Crippen molar-refractivity contribution in [2.75, 3.05) is 26.2 Å². The molecule has 2 fully saturated rings. The van der Waals surface area contributed by atoms with Gasteiger partial charge in [-0.2, -0.15) is 0 Å². The standard InChI is InChI=1S/C18H26N2O2/c1-13-4-5-16(10-14(13)2)11-19-7-6-18-17(12-19)20(15(3)21)8-9-22-18/h4-5,10,17-18H,6-9,11-12H2,1-3H3/t17-,18-/m1/s1. The minimum atomic E-state index is 0.173. The van der Waals surface area contributed by atoms with E-state index in [1.54, 1.807) is 6.92 Å². The van der Waals surface area contributed by atoms with E-state index in [1.165, 1.54) is 16.7 Å². The second-order valence-corrected chi connectivity index (χ2v) is 6.63. The van der Waals surface area contributed by atoms with Gasteiger partial charge >= 0.3 is 0 Å². The van der Waals surface area contributed by atoms with E-state index in [4.69, 9.17) is 4.74 Å². The van der Waals surface area contributed by atoms with E-state index in [2.05, 4.69) is 36.9 Å². The van der Waals surface area contributed by atoms with Gasteiger partial charge in [0.25, 0.3) is 0 Å². The molecule has 22 heavy (non-hydrogen) atoms. The Balaban J connectivity index is 1.68. The number of rotatable bonds is 2. The van der Waals surface area contributed by atoms with Crippen LogP contribution in [0.15, 0.2) is 18.2 Å². The number of likely N-dealkylation sites (tertiary alicyclic amines) is 1. The Kier molecular flexibility index (Phi) is 4.50. The van der Waals surface area contributed by atoms with Crippen molar-refractivity contribution in [2.24, 2.45) is 0 Å². The topological polar surface area (TPSA) is 32.8 Å². The van der Waals surface area contributed by atoms with Gasteiger partial charge in [0, 0.05) is 33.1 Å². The lowest BCUT2D eigenvalue weighted by molar-refractivity contribution is -0.150. The first-order valence-electron chi connectivity index (χ1n) is 8.22. The average molecular weight is 302 g/mol. The molecular formula is C18H26N2O2. The minimum absolute atomic E-state index is 0.173. The molecule has 0 bridgehead atoms. The third kappa shape index (κ3) is 3.18. The molecule has 0 aliphatic carbocycles. The molecule has 4 heteroatoms. The predicted octanol–water partition coefficient (Wildman–Crippen LogP) is 2.13. The van der Waals surface area contributed by atoms with Gasteiger partial charge in [-0.05, 0) is 37.0 Å². The number of ether oxygens (including phenoxy) is 1. The van der Waals surface area contributed by atoms with Crippen LogP contribution < -0.4 is 0 Å². The normalized spacial score (nSPS) is 25.9. The summed E-state index contributed by atoms with van der Waals surface area (Å²) >= 11 is 0. The van der Waals surface area contributed by atoms with Gasteiger partial charge in [0.2, 0.25) is 5.91 Å². The summed E-state index contributed by atoms with van der Waals surface area (Å²) in [5.74, 6) is 0.173. The van der Waals surface area contributed by atoms with Crippen molar-refractivity contribution < 1.29 is 9.53 Å². The van der Waals surface area contributed by atoms with E-state index in [0.29, 0.717) is 6.61 Å². The van der Waals surface area contributed by atoms with Crippen LogP contribution in [0.25, 0.3) is 0 Å². The molecule has 2 saturated heterocycles. The number of nitrogens with zero attached hydrogens (tertiary/aromatic N) is 2.